The first-order valence-electron chi connectivity index (χ1n) is 8.00. The van der Waals surface area contributed by atoms with Crippen molar-refractivity contribution >= 4 is 5.82 Å². The van der Waals surface area contributed by atoms with Crippen molar-refractivity contribution in [2.75, 3.05) is 11.4 Å². The van der Waals surface area contributed by atoms with Crippen molar-refractivity contribution in [2.24, 2.45) is 0 Å². The fourth-order valence-electron chi connectivity index (χ4n) is 2.20. The molecule has 0 saturated carbocycles. The van der Waals surface area contributed by atoms with Crippen molar-refractivity contribution in [3.63, 3.8) is 0 Å². The molecular weight excluding hydrogens is 246 g/mol. The van der Waals surface area contributed by atoms with E-state index in [9.17, 15) is 0 Å². The highest BCUT2D eigenvalue weighted by Gasteiger charge is 2.11. The van der Waals surface area contributed by atoms with Gasteiger partial charge in [0.15, 0.2) is 0 Å². The molecule has 1 aromatic heterocycles. The summed E-state index contributed by atoms with van der Waals surface area (Å²) in [6.45, 7) is 13.0. The van der Waals surface area contributed by atoms with Gasteiger partial charge in [-0.25, -0.2) is 4.98 Å². The van der Waals surface area contributed by atoms with Crippen LogP contribution in [-0.4, -0.2) is 23.6 Å². The molecule has 0 spiro atoms. The van der Waals surface area contributed by atoms with E-state index in [1.165, 1.54) is 19.3 Å². The summed E-state index contributed by atoms with van der Waals surface area (Å²) >= 11 is 0. The highest BCUT2D eigenvalue weighted by Crippen LogP contribution is 2.16. The van der Waals surface area contributed by atoms with Crippen LogP contribution in [0.25, 0.3) is 0 Å². The van der Waals surface area contributed by atoms with Crippen LogP contribution in [-0.2, 0) is 6.54 Å². The Labute approximate surface area is 124 Å². The van der Waals surface area contributed by atoms with Crippen LogP contribution in [0.4, 0.5) is 5.82 Å². The summed E-state index contributed by atoms with van der Waals surface area (Å²) in [7, 11) is 0. The molecule has 0 fully saturated rings. The van der Waals surface area contributed by atoms with Gasteiger partial charge in [0.25, 0.3) is 0 Å². The summed E-state index contributed by atoms with van der Waals surface area (Å²) in [6, 6.07) is 7.34. The summed E-state index contributed by atoms with van der Waals surface area (Å²) in [6.07, 6.45) is 3.79. The van der Waals surface area contributed by atoms with Gasteiger partial charge in [-0.3, -0.25) is 0 Å². The van der Waals surface area contributed by atoms with Crippen LogP contribution >= 0.6 is 0 Å². The van der Waals surface area contributed by atoms with Crippen LogP contribution < -0.4 is 10.2 Å². The van der Waals surface area contributed by atoms with Gasteiger partial charge in [-0.2, -0.15) is 0 Å². The zero-order chi connectivity index (χ0) is 15.0. The second-order valence-corrected chi connectivity index (χ2v) is 6.02. The number of rotatable bonds is 9. The molecule has 0 saturated heterocycles. The average Bonchev–Trinajstić information content (AvgIpc) is 2.41. The van der Waals surface area contributed by atoms with E-state index >= 15 is 0 Å². The fraction of sp³-hybridized carbons (Fsp3) is 0.706. The van der Waals surface area contributed by atoms with E-state index in [2.05, 4.69) is 63.0 Å². The van der Waals surface area contributed by atoms with Crippen molar-refractivity contribution in [3.8, 4) is 0 Å². The van der Waals surface area contributed by atoms with E-state index < -0.39 is 0 Å². The van der Waals surface area contributed by atoms with E-state index in [1.807, 2.05) is 0 Å². The summed E-state index contributed by atoms with van der Waals surface area (Å²) in [5, 5.41) is 3.43. The number of anilines is 1. The third-order valence-electron chi connectivity index (χ3n) is 3.40. The van der Waals surface area contributed by atoms with Crippen molar-refractivity contribution in [1.29, 1.82) is 0 Å². The molecule has 0 unspecified atom stereocenters. The Morgan fingerprint density at radius 3 is 2.50 bits per heavy atom. The van der Waals surface area contributed by atoms with Crippen LogP contribution in [0.2, 0.25) is 0 Å². The fourth-order valence-corrected chi connectivity index (χ4v) is 2.20. The van der Waals surface area contributed by atoms with Gasteiger partial charge in [-0.1, -0.05) is 39.7 Å². The maximum absolute atomic E-state index is 4.81. The minimum atomic E-state index is 0.492. The second-order valence-electron chi connectivity index (χ2n) is 6.02. The van der Waals surface area contributed by atoms with Gasteiger partial charge in [-0.15, -0.1) is 0 Å². The number of unbranched alkanes of at least 4 members (excludes halogenated alkanes) is 2. The van der Waals surface area contributed by atoms with Gasteiger partial charge >= 0.3 is 0 Å². The third kappa shape index (κ3) is 5.91. The van der Waals surface area contributed by atoms with Crippen LogP contribution in [0.5, 0.6) is 0 Å². The highest BCUT2D eigenvalue weighted by molar-refractivity contribution is 5.40. The number of hydrogen-bond donors (Lipinski definition) is 1. The lowest BCUT2D eigenvalue weighted by molar-refractivity contribution is 0.578. The van der Waals surface area contributed by atoms with Crippen LogP contribution in [0.15, 0.2) is 18.2 Å². The maximum Gasteiger partial charge on any atom is 0.129 e. The molecule has 3 nitrogen and oxygen atoms in total. The number of hydrogen-bond acceptors (Lipinski definition) is 3. The van der Waals surface area contributed by atoms with Gasteiger partial charge in [0.05, 0.1) is 5.69 Å². The number of pyridine rings is 1. The molecule has 0 bridgehead atoms. The largest absolute Gasteiger partial charge is 0.354 e. The molecule has 114 valence electrons. The van der Waals surface area contributed by atoms with Crippen LogP contribution in [0.1, 0.15) is 59.6 Å². The van der Waals surface area contributed by atoms with Crippen molar-refractivity contribution in [1.82, 2.24) is 10.3 Å². The standard InChI is InChI=1S/C17H31N3/c1-6-7-8-12-20(15(4)5)17-11-9-10-16(19-17)13-18-14(2)3/h9-11,14-15,18H,6-8,12-13H2,1-5H3. The maximum atomic E-state index is 4.81. The van der Waals surface area contributed by atoms with Crippen molar-refractivity contribution in [3.05, 3.63) is 23.9 Å². The molecule has 1 rings (SSSR count). The molecular formula is C17H31N3. The summed E-state index contributed by atoms with van der Waals surface area (Å²) < 4.78 is 0. The van der Waals surface area contributed by atoms with E-state index in [0.717, 1.165) is 24.6 Å². The molecule has 0 aliphatic rings. The normalized spacial score (nSPS) is 11.3. The molecule has 0 amide bonds. The molecule has 1 heterocycles. The summed E-state index contributed by atoms with van der Waals surface area (Å²) in [4.78, 5) is 7.22. The Kier molecular flexibility index (Phi) is 7.60. The lowest BCUT2D eigenvalue weighted by Gasteiger charge is -2.28. The molecule has 0 aliphatic carbocycles. The van der Waals surface area contributed by atoms with Gasteiger partial charge in [0, 0.05) is 25.2 Å². The first-order valence-corrected chi connectivity index (χ1v) is 8.00. The lowest BCUT2D eigenvalue weighted by Crippen LogP contribution is -2.33. The Balaban J connectivity index is 2.72. The first kappa shape index (κ1) is 17.0. The molecule has 20 heavy (non-hydrogen) atoms. The predicted molar refractivity (Wildman–Crippen MR) is 88.2 cm³/mol. The second kappa shape index (κ2) is 8.96. The smallest absolute Gasteiger partial charge is 0.129 e. The highest BCUT2D eigenvalue weighted by atomic mass is 15.2. The minimum Gasteiger partial charge on any atom is -0.354 e. The van der Waals surface area contributed by atoms with E-state index in [1.54, 1.807) is 0 Å². The van der Waals surface area contributed by atoms with Gasteiger partial charge in [0.1, 0.15) is 5.82 Å². The number of nitrogens with zero attached hydrogens (tertiary/aromatic N) is 2. The lowest BCUT2D eigenvalue weighted by atomic mass is 10.2. The third-order valence-corrected chi connectivity index (χ3v) is 3.40. The van der Waals surface area contributed by atoms with Crippen molar-refractivity contribution < 1.29 is 0 Å². The molecule has 0 aliphatic heterocycles. The average molecular weight is 277 g/mol. The summed E-state index contributed by atoms with van der Waals surface area (Å²) in [5.41, 5.74) is 1.12. The van der Waals surface area contributed by atoms with Gasteiger partial charge in [-0.05, 0) is 32.4 Å². The molecule has 0 radical (unpaired) electrons. The zero-order valence-electron chi connectivity index (χ0n) is 13.8. The van der Waals surface area contributed by atoms with Gasteiger partial charge in [0.2, 0.25) is 0 Å². The van der Waals surface area contributed by atoms with E-state index in [4.69, 9.17) is 4.98 Å². The monoisotopic (exact) mass is 277 g/mol. The topological polar surface area (TPSA) is 28.2 Å². The SMILES string of the molecule is CCCCCN(c1cccc(CNC(C)C)n1)C(C)C. The predicted octanol–water partition coefficient (Wildman–Crippen LogP) is 3.98. The zero-order valence-corrected chi connectivity index (χ0v) is 13.8. The number of aromatic nitrogens is 1. The van der Waals surface area contributed by atoms with Crippen LogP contribution in [0.3, 0.4) is 0 Å². The Hall–Kier alpha value is -1.09. The number of nitrogens with one attached hydrogen (secondary N) is 1. The molecule has 3 heteroatoms. The Morgan fingerprint density at radius 1 is 1.15 bits per heavy atom. The van der Waals surface area contributed by atoms with Gasteiger partial charge < -0.3 is 10.2 Å². The van der Waals surface area contributed by atoms with E-state index in [0.29, 0.717) is 12.1 Å². The molecule has 0 aromatic carbocycles. The molecule has 1 aromatic rings. The summed E-state index contributed by atoms with van der Waals surface area (Å²) in [5.74, 6) is 1.11. The van der Waals surface area contributed by atoms with E-state index in [-0.39, 0.29) is 0 Å². The Morgan fingerprint density at radius 2 is 1.90 bits per heavy atom. The van der Waals surface area contributed by atoms with Crippen molar-refractivity contribution in [2.45, 2.75) is 72.5 Å². The van der Waals surface area contributed by atoms with Crippen LogP contribution in [0, 0.1) is 0 Å². The first-order chi connectivity index (χ1) is 9.54. The molecule has 1 N–H and O–H groups in total. The molecule has 0 atom stereocenters. The Bertz CT molecular complexity index is 374. The quantitative estimate of drug-likeness (QED) is 0.692. The minimum absolute atomic E-state index is 0.492.